The van der Waals surface area contributed by atoms with Crippen molar-refractivity contribution in [2.45, 2.75) is 39.5 Å². The Hall–Kier alpha value is -2.97. The van der Waals surface area contributed by atoms with Crippen LogP contribution in [0.25, 0.3) is 0 Å². The van der Waals surface area contributed by atoms with Crippen LogP contribution in [0.2, 0.25) is 0 Å². The number of fused-ring (bicyclic) bond motifs is 1. The van der Waals surface area contributed by atoms with E-state index in [-0.39, 0.29) is 5.91 Å². The quantitative estimate of drug-likeness (QED) is 0.655. The molecule has 2 aromatic rings. The molecule has 0 bridgehead atoms. The fraction of sp³-hybridized carbons (Fsp3) is 0.471. The van der Waals surface area contributed by atoms with E-state index in [1.165, 1.54) is 0 Å². The summed E-state index contributed by atoms with van der Waals surface area (Å²) >= 11 is 0. The van der Waals surface area contributed by atoms with Gasteiger partial charge in [0.25, 0.3) is 5.91 Å². The predicted molar refractivity (Wildman–Crippen MR) is 98.5 cm³/mol. The molecule has 0 fully saturated rings. The normalized spacial score (nSPS) is 14.8. The average Bonchev–Trinajstić information content (AvgIpc) is 3.10. The molecular formula is C17H23N7O2. The highest BCUT2D eigenvalue weighted by molar-refractivity contribution is 6.13. The third-order valence-corrected chi connectivity index (χ3v) is 3.95. The Morgan fingerprint density at radius 2 is 2.08 bits per heavy atom. The first-order valence-corrected chi connectivity index (χ1v) is 8.88. The number of aromatic nitrogens is 4. The van der Waals surface area contributed by atoms with Gasteiger partial charge in [0.15, 0.2) is 11.5 Å². The molecule has 0 aromatic carbocycles. The SMILES string of the molecule is CCCNc1ccc(NC(=O)c2n[nH]c3c2C(=NOCC)CCC3)nn1. The van der Waals surface area contributed by atoms with Gasteiger partial charge in [-0.05, 0) is 44.7 Å². The van der Waals surface area contributed by atoms with E-state index in [9.17, 15) is 4.79 Å². The molecular weight excluding hydrogens is 334 g/mol. The largest absolute Gasteiger partial charge is 0.396 e. The Labute approximate surface area is 151 Å². The first-order valence-electron chi connectivity index (χ1n) is 8.88. The molecule has 1 amide bonds. The minimum Gasteiger partial charge on any atom is -0.396 e. The van der Waals surface area contributed by atoms with E-state index in [0.717, 1.165) is 49.2 Å². The van der Waals surface area contributed by atoms with Crippen LogP contribution in [0.3, 0.4) is 0 Å². The Bertz CT molecular complexity index is 783. The van der Waals surface area contributed by atoms with Gasteiger partial charge >= 0.3 is 0 Å². The lowest BCUT2D eigenvalue weighted by atomic mass is 9.93. The molecule has 0 unspecified atom stereocenters. The van der Waals surface area contributed by atoms with E-state index in [2.05, 4.69) is 43.1 Å². The molecule has 2 aromatic heterocycles. The lowest BCUT2D eigenvalue weighted by Crippen LogP contribution is -2.20. The van der Waals surface area contributed by atoms with Crippen molar-refractivity contribution in [3.63, 3.8) is 0 Å². The van der Waals surface area contributed by atoms with Crippen LogP contribution >= 0.6 is 0 Å². The van der Waals surface area contributed by atoms with Crippen LogP contribution in [0, 0.1) is 0 Å². The summed E-state index contributed by atoms with van der Waals surface area (Å²) in [6, 6.07) is 3.48. The van der Waals surface area contributed by atoms with Crippen molar-refractivity contribution < 1.29 is 9.63 Å². The van der Waals surface area contributed by atoms with Gasteiger partial charge in [0.2, 0.25) is 0 Å². The van der Waals surface area contributed by atoms with E-state index in [0.29, 0.717) is 23.9 Å². The minimum absolute atomic E-state index is 0.299. The highest BCUT2D eigenvalue weighted by Gasteiger charge is 2.27. The van der Waals surface area contributed by atoms with Gasteiger partial charge in [0.1, 0.15) is 12.4 Å². The van der Waals surface area contributed by atoms with Crippen LogP contribution in [-0.4, -0.2) is 45.2 Å². The number of nitrogens with zero attached hydrogens (tertiary/aromatic N) is 4. The molecule has 3 rings (SSSR count). The number of aromatic amines is 1. The molecule has 138 valence electrons. The lowest BCUT2D eigenvalue weighted by Gasteiger charge is -2.14. The van der Waals surface area contributed by atoms with Gasteiger partial charge in [-0.3, -0.25) is 9.89 Å². The number of nitrogens with one attached hydrogen (secondary N) is 3. The number of aryl methyl sites for hydroxylation is 1. The maximum atomic E-state index is 12.7. The molecule has 0 atom stereocenters. The average molecular weight is 357 g/mol. The van der Waals surface area contributed by atoms with Gasteiger partial charge < -0.3 is 15.5 Å². The molecule has 1 aliphatic rings. The third kappa shape index (κ3) is 3.98. The maximum Gasteiger partial charge on any atom is 0.278 e. The zero-order chi connectivity index (χ0) is 18.4. The lowest BCUT2D eigenvalue weighted by molar-refractivity contribution is 0.102. The molecule has 26 heavy (non-hydrogen) atoms. The third-order valence-electron chi connectivity index (χ3n) is 3.95. The first kappa shape index (κ1) is 17.8. The van der Waals surface area contributed by atoms with Gasteiger partial charge in [-0.25, -0.2) is 0 Å². The second-order valence-corrected chi connectivity index (χ2v) is 5.92. The number of carbonyl (C=O) groups excluding carboxylic acids is 1. The Morgan fingerprint density at radius 1 is 1.27 bits per heavy atom. The fourth-order valence-corrected chi connectivity index (χ4v) is 2.75. The number of hydrogen-bond acceptors (Lipinski definition) is 7. The number of amides is 1. The van der Waals surface area contributed by atoms with Gasteiger partial charge in [-0.1, -0.05) is 12.1 Å². The van der Waals surface area contributed by atoms with Crippen LogP contribution in [0.5, 0.6) is 0 Å². The van der Waals surface area contributed by atoms with Crippen molar-refractivity contribution in [3.05, 3.63) is 29.1 Å². The minimum atomic E-state index is -0.350. The van der Waals surface area contributed by atoms with E-state index in [1.54, 1.807) is 12.1 Å². The summed E-state index contributed by atoms with van der Waals surface area (Å²) in [7, 11) is 0. The summed E-state index contributed by atoms with van der Waals surface area (Å²) in [6.07, 6.45) is 3.53. The molecule has 0 saturated carbocycles. The number of hydrogen-bond donors (Lipinski definition) is 3. The Kier molecular flexibility index (Phi) is 5.77. The van der Waals surface area contributed by atoms with Crippen molar-refractivity contribution in [1.29, 1.82) is 0 Å². The summed E-state index contributed by atoms with van der Waals surface area (Å²) in [4.78, 5) is 17.8. The van der Waals surface area contributed by atoms with Crippen molar-refractivity contribution in [3.8, 4) is 0 Å². The Balaban J connectivity index is 1.76. The van der Waals surface area contributed by atoms with E-state index in [4.69, 9.17) is 4.84 Å². The smallest absolute Gasteiger partial charge is 0.278 e. The van der Waals surface area contributed by atoms with Crippen molar-refractivity contribution in [1.82, 2.24) is 20.4 Å². The van der Waals surface area contributed by atoms with Crippen LogP contribution in [0.15, 0.2) is 17.3 Å². The molecule has 2 heterocycles. The number of H-pyrrole nitrogens is 1. The van der Waals surface area contributed by atoms with E-state index < -0.39 is 0 Å². The molecule has 3 N–H and O–H groups in total. The summed E-state index contributed by atoms with van der Waals surface area (Å²) in [5.74, 6) is 0.693. The molecule has 0 radical (unpaired) electrons. The molecule has 9 nitrogen and oxygen atoms in total. The molecule has 0 spiro atoms. The van der Waals surface area contributed by atoms with Crippen molar-refractivity contribution in [2.75, 3.05) is 23.8 Å². The van der Waals surface area contributed by atoms with Gasteiger partial charge in [0, 0.05) is 12.2 Å². The summed E-state index contributed by atoms with van der Waals surface area (Å²) in [5.41, 5.74) is 2.69. The van der Waals surface area contributed by atoms with Crippen LogP contribution in [0.4, 0.5) is 11.6 Å². The number of rotatable bonds is 7. The monoisotopic (exact) mass is 357 g/mol. The maximum absolute atomic E-state index is 12.7. The second-order valence-electron chi connectivity index (χ2n) is 5.92. The van der Waals surface area contributed by atoms with Crippen molar-refractivity contribution in [2.24, 2.45) is 5.16 Å². The predicted octanol–water partition coefficient (Wildman–Crippen LogP) is 2.35. The zero-order valence-corrected chi connectivity index (χ0v) is 15.0. The molecule has 0 aliphatic heterocycles. The highest BCUT2D eigenvalue weighted by Crippen LogP contribution is 2.24. The zero-order valence-electron chi connectivity index (χ0n) is 15.0. The highest BCUT2D eigenvalue weighted by atomic mass is 16.6. The molecule has 9 heteroatoms. The Morgan fingerprint density at radius 3 is 2.81 bits per heavy atom. The van der Waals surface area contributed by atoms with Crippen molar-refractivity contribution >= 4 is 23.3 Å². The summed E-state index contributed by atoms with van der Waals surface area (Å²) in [5, 5.41) is 25.2. The first-order chi connectivity index (χ1) is 12.7. The van der Waals surface area contributed by atoms with Crippen LogP contribution in [0.1, 0.15) is 54.9 Å². The van der Waals surface area contributed by atoms with Gasteiger partial charge in [0.05, 0.1) is 11.3 Å². The molecule has 1 aliphatic carbocycles. The standard InChI is InChI=1S/C17H23N7O2/c1-3-10-18-13-8-9-14(22-21-13)19-17(25)16-15-11(20-23-16)6-5-7-12(15)24-26-4-2/h8-9H,3-7,10H2,1-2H3,(H,18,21)(H,20,23)(H,19,22,25). The fourth-order valence-electron chi connectivity index (χ4n) is 2.75. The molecule has 0 saturated heterocycles. The number of carbonyl (C=O) groups is 1. The van der Waals surface area contributed by atoms with Crippen LogP contribution in [-0.2, 0) is 11.3 Å². The van der Waals surface area contributed by atoms with Gasteiger partial charge in [-0.2, -0.15) is 5.10 Å². The summed E-state index contributed by atoms with van der Waals surface area (Å²) in [6.45, 7) is 5.24. The van der Waals surface area contributed by atoms with Gasteiger partial charge in [-0.15, -0.1) is 10.2 Å². The summed E-state index contributed by atoms with van der Waals surface area (Å²) < 4.78 is 0. The topological polar surface area (TPSA) is 117 Å². The van der Waals surface area contributed by atoms with Crippen LogP contribution < -0.4 is 10.6 Å². The van der Waals surface area contributed by atoms with E-state index in [1.807, 2.05) is 6.92 Å². The number of oxime groups is 1. The van der Waals surface area contributed by atoms with E-state index >= 15 is 0 Å². The number of anilines is 2. The second kappa shape index (κ2) is 8.41.